The maximum Gasteiger partial charge on any atom is 0.227 e. The van der Waals surface area contributed by atoms with Crippen molar-refractivity contribution >= 4 is 22.1 Å². The smallest absolute Gasteiger partial charge is 0.227 e. The van der Waals surface area contributed by atoms with Crippen LogP contribution in [0.25, 0.3) is 89.1 Å². The van der Waals surface area contributed by atoms with Crippen molar-refractivity contribution in [2.75, 3.05) is 0 Å². The second kappa shape index (κ2) is 16.0. The van der Waals surface area contributed by atoms with E-state index < -0.39 is 38.5 Å². The Balaban J connectivity index is 1.18. The predicted molar refractivity (Wildman–Crippen MR) is 259 cm³/mol. The molecule has 0 bridgehead atoms. The number of nitrogens with zero attached hydrogens (tertiary/aromatic N) is 3. The summed E-state index contributed by atoms with van der Waals surface area (Å²) in [5, 5.41) is 0.934. The van der Waals surface area contributed by atoms with Gasteiger partial charge in [0.1, 0.15) is 17.1 Å². The first-order valence-corrected chi connectivity index (χ1v) is 20.5. The van der Waals surface area contributed by atoms with Crippen molar-refractivity contribution < 1.29 is 25.6 Å². The van der Waals surface area contributed by atoms with Crippen LogP contribution >= 0.6 is 0 Å². The van der Waals surface area contributed by atoms with Crippen molar-refractivity contribution in [3.05, 3.63) is 197 Å². The van der Waals surface area contributed by atoms with Crippen molar-refractivity contribution in [3.8, 4) is 78.5 Å². The van der Waals surface area contributed by atoms with E-state index in [4.69, 9.17) is 30.6 Å². The summed E-state index contributed by atoms with van der Waals surface area (Å²) >= 11 is 0. The van der Waals surface area contributed by atoms with E-state index >= 15 is 0 Å². The number of benzene rings is 6. The van der Waals surface area contributed by atoms with E-state index in [1.165, 1.54) is 18.2 Å². The molecule has 4 heterocycles. The van der Waals surface area contributed by atoms with Crippen LogP contribution in [0.1, 0.15) is 55.5 Å². The van der Waals surface area contributed by atoms with Gasteiger partial charge in [0.15, 0.2) is 0 Å². The monoisotopic (exact) mass is 829 g/mol. The zero-order valence-corrected chi connectivity index (χ0v) is 34.7. The largest absolute Gasteiger partial charge is 0.457 e. The number of hydrogen-bond acceptors (Lipinski definition) is 5. The Labute approximate surface area is 385 Å². The van der Waals surface area contributed by atoms with Crippen molar-refractivity contribution in [2.24, 2.45) is 0 Å². The van der Waals surface area contributed by atoms with Crippen LogP contribution in [0.15, 0.2) is 162 Å². The molecule has 0 fully saturated rings. The molecule has 0 radical (unpaired) electrons. The van der Waals surface area contributed by atoms with Crippen LogP contribution in [0.4, 0.5) is 0 Å². The Bertz CT molecular complexity index is 3820. The minimum Gasteiger partial charge on any atom is -0.457 e. The van der Waals surface area contributed by atoms with Gasteiger partial charge in [-0.1, -0.05) is 103 Å². The van der Waals surface area contributed by atoms with Gasteiger partial charge in [-0.25, -0.2) is 4.98 Å². The van der Waals surface area contributed by atoms with Crippen LogP contribution in [0, 0.1) is 48.2 Å². The third-order valence-corrected chi connectivity index (χ3v) is 11.5. The van der Waals surface area contributed by atoms with Crippen molar-refractivity contribution in [1.82, 2.24) is 15.0 Å². The molecule has 0 aliphatic heterocycles. The Morgan fingerprint density at radius 1 is 0.476 bits per heavy atom. The van der Waals surface area contributed by atoms with Gasteiger partial charge < -0.3 is 9.15 Å². The van der Waals surface area contributed by atoms with E-state index in [0.717, 1.165) is 56.3 Å². The molecule has 0 spiro atoms. The summed E-state index contributed by atoms with van der Waals surface area (Å²) in [6, 6.07) is 44.2. The highest BCUT2D eigenvalue weighted by Gasteiger charge is 2.21. The summed E-state index contributed by atoms with van der Waals surface area (Å²) in [5.74, 6) is 0.0151. The minimum atomic E-state index is -2.85. The lowest BCUT2D eigenvalue weighted by Crippen LogP contribution is -1.96. The van der Waals surface area contributed by atoms with E-state index in [1.54, 1.807) is 42.6 Å². The number of aromatic nitrogens is 3. The summed E-state index contributed by atoms with van der Waals surface area (Å²) < 4.78 is 114. The number of fused-ring (bicyclic) bond motifs is 3. The second-order valence-corrected chi connectivity index (χ2v) is 15.8. The molecule has 6 aromatic carbocycles. The number of rotatable bonds is 8. The zero-order chi connectivity index (χ0) is 53.4. The zero-order valence-electron chi connectivity index (χ0n) is 46.7. The molecule has 5 heteroatoms. The summed E-state index contributed by atoms with van der Waals surface area (Å²) in [4.78, 5) is 13.7. The fourth-order valence-electron chi connectivity index (χ4n) is 8.20. The first-order valence-electron chi connectivity index (χ1n) is 26.5. The third kappa shape index (κ3) is 7.57. The average Bonchev–Trinajstić information content (AvgIpc) is 3.73. The van der Waals surface area contributed by atoms with Crippen molar-refractivity contribution in [2.45, 2.75) is 48.2 Å². The Morgan fingerprint density at radius 2 is 1.19 bits per heavy atom. The molecule has 10 aromatic rings. The molecule has 63 heavy (non-hydrogen) atoms. The number of furan rings is 1. The molecule has 0 amide bonds. The van der Waals surface area contributed by atoms with Gasteiger partial charge in [0.2, 0.25) is 5.71 Å². The van der Waals surface area contributed by atoms with E-state index in [1.807, 2.05) is 99.6 Å². The Hall–Kier alpha value is -7.63. The summed E-state index contributed by atoms with van der Waals surface area (Å²) in [6.07, 6.45) is 2.78. The number of pyridine rings is 3. The summed E-state index contributed by atoms with van der Waals surface area (Å²) in [6.45, 7) is -4.97. The quantitative estimate of drug-likeness (QED) is 0.153. The molecule has 0 saturated heterocycles. The average molecular weight is 830 g/mol. The van der Waals surface area contributed by atoms with Gasteiger partial charge in [-0.05, 0) is 169 Å². The lowest BCUT2D eigenvalue weighted by Gasteiger charge is -2.17. The number of hydrogen-bond donors (Lipinski definition) is 0. The van der Waals surface area contributed by atoms with Crippen LogP contribution in [-0.2, 0) is 0 Å². The molecule has 5 nitrogen and oxygen atoms in total. The highest BCUT2D eigenvalue weighted by molar-refractivity contribution is 6.09. The fraction of sp³-hybridized carbons (Fsp3) is 0.121. The van der Waals surface area contributed by atoms with Crippen LogP contribution in [0.2, 0.25) is 0 Å². The number of aryl methyl sites for hydroxylation is 6. The molecule has 0 aliphatic rings. The topological polar surface area (TPSA) is 61.0 Å². The maximum atomic E-state index is 9.06. The predicted octanol–water partition coefficient (Wildman–Crippen LogP) is 15.7. The fourth-order valence-corrected chi connectivity index (χ4v) is 8.20. The van der Waals surface area contributed by atoms with Crippen molar-refractivity contribution in [3.63, 3.8) is 0 Å². The van der Waals surface area contributed by atoms with E-state index in [0.29, 0.717) is 33.2 Å². The molecule has 10 rings (SSSR count). The second-order valence-electron chi connectivity index (χ2n) is 15.8. The van der Waals surface area contributed by atoms with Crippen LogP contribution in [-0.4, -0.2) is 15.0 Å². The summed E-state index contributed by atoms with van der Waals surface area (Å²) in [5.41, 5.74) is 9.97. The highest BCUT2D eigenvalue weighted by atomic mass is 16.5. The first kappa shape index (κ1) is 28.1. The molecule has 0 aliphatic carbocycles. The Morgan fingerprint density at radius 3 is 1.90 bits per heavy atom. The molecule has 0 saturated carbocycles. The first-order chi connectivity index (χ1) is 35.4. The lowest BCUT2D eigenvalue weighted by atomic mass is 9.93. The lowest BCUT2D eigenvalue weighted by molar-refractivity contribution is 0.480. The van der Waals surface area contributed by atoms with Crippen LogP contribution in [0.5, 0.6) is 11.5 Å². The normalized spacial score (nSPS) is 15.0. The third-order valence-electron chi connectivity index (χ3n) is 11.5. The standard InChI is InChI=1S/C58H47N3O2/c1-34-13-23-48(36(3)25-34)50-31-55(60-33-38(50)5)53-30-47(29-52-49-24-14-39(6)61-58(49)63-57(52)53)62-56-28-46(54-26-35(2)37(4)32-59-54)27-51(40(56)7)45-21-19-44(20-22-45)43-17-15-42(16-18-43)41-11-9-8-10-12-41/h8-33H,1-7H3/i2D3,4D3,6D3,7D3. The van der Waals surface area contributed by atoms with Gasteiger partial charge in [-0.3, -0.25) is 9.97 Å². The molecule has 0 unspecified atom stereocenters. The van der Waals surface area contributed by atoms with Crippen LogP contribution in [0.3, 0.4) is 0 Å². The van der Waals surface area contributed by atoms with Gasteiger partial charge in [0, 0.05) is 56.4 Å². The van der Waals surface area contributed by atoms with E-state index in [9.17, 15) is 0 Å². The number of ether oxygens (including phenoxy) is 1. The van der Waals surface area contributed by atoms with Gasteiger partial charge in [0.05, 0.1) is 11.4 Å². The van der Waals surface area contributed by atoms with E-state index in [2.05, 4.69) is 22.1 Å². The van der Waals surface area contributed by atoms with Gasteiger partial charge in [-0.15, -0.1) is 0 Å². The molecule has 0 atom stereocenters. The van der Waals surface area contributed by atoms with Crippen LogP contribution < -0.4 is 4.74 Å². The summed E-state index contributed by atoms with van der Waals surface area (Å²) in [7, 11) is 0. The molecular weight excluding hydrogens is 771 g/mol. The van der Waals surface area contributed by atoms with Gasteiger partial charge in [0.25, 0.3) is 0 Å². The molecule has 4 aromatic heterocycles. The van der Waals surface area contributed by atoms with Crippen molar-refractivity contribution in [1.29, 1.82) is 0 Å². The molecule has 0 N–H and O–H groups in total. The highest BCUT2D eigenvalue weighted by Crippen LogP contribution is 2.43. The maximum absolute atomic E-state index is 9.06. The SMILES string of the molecule is [2H]C([2H])([2H])c1ccc2c(n1)oc1c(-c3cc(-c4ccc(C)cc4C)c(C)cn3)cc(Oc3cc(-c4cc(C([2H])([2H])[2H])c(C([2H])([2H])[2H])cn4)cc(-c4ccc(-c5ccc(-c6ccccc6)cc5)cc4)c3C([2H])([2H])[2H])cc12. The van der Waals surface area contributed by atoms with E-state index in [-0.39, 0.29) is 45.3 Å². The van der Waals surface area contributed by atoms with Gasteiger partial charge >= 0.3 is 0 Å². The molecule has 306 valence electrons. The Kier molecular flexibility index (Phi) is 7.13. The van der Waals surface area contributed by atoms with Gasteiger partial charge in [-0.2, -0.15) is 0 Å². The minimum absolute atomic E-state index is 0.0541. The molecular formula is C58H47N3O2.